The maximum atomic E-state index is 13.8. The fourth-order valence-corrected chi connectivity index (χ4v) is 6.72. The molecule has 0 saturated carbocycles. The third-order valence-corrected chi connectivity index (χ3v) is 10.8. The lowest BCUT2D eigenvalue weighted by Gasteiger charge is -2.32. The number of ketones is 1. The Balaban J connectivity index is 3.30. The maximum Gasteiger partial charge on any atom is 0.325 e. The number of carbonyl (C=O) groups excluding carboxylic acids is 9. The van der Waals surface area contributed by atoms with Crippen LogP contribution in [0.4, 0.5) is 0 Å². The molecule has 71 heavy (non-hydrogen) atoms. The molecule has 0 unspecified atom stereocenters. The quantitative estimate of drug-likeness (QED) is 0.0300. The highest BCUT2D eigenvalue weighted by Gasteiger charge is 2.40. The Morgan fingerprint density at radius 1 is 0.634 bits per heavy atom. The van der Waals surface area contributed by atoms with Crippen molar-refractivity contribution in [1.29, 1.82) is 0 Å². The Labute approximate surface area is 411 Å². The number of aliphatic hydroxyl groups excluding tert-OH is 3. The smallest absolute Gasteiger partial charge is 0.325 e. The van der Waals surface area contributed by atoms with Gasteiger partial charge in [0.05, 0.1) is 31.5 Å². The molecule has 0 aliphatic rings. The molecule has 0 aliphatic heterocycles. The van der Waals surface area contributed by atoms with Gasteiger partial charge in [0.2, 0.25) is 47.1 Å². The highest BCUT2D eigenvalue weighted by atomic mass is 16.4. The molecule has 0 saturated heterocycles. The van der Waals surface area contributed by atoms with Crippen molar-refractivity contribution in [3.05, 3.63) is 29.8 Å². The number of rotatable bonds is 32. The largest absolute Gasteiger partial charge is 0.508 e. The summed E-state index contributed by atoms with van der Waals surface area (Å²) in [6.07, 6.45) is -0.0384. The second-order valence-corrected chi connectivity index (χ2v) is 18.3. The van der Waals surface area contributed by atoms with E-state index in [1.165, 1.54) is 52.1 Å². The van der Waals surface area contributed by atoms with Crippen LogP contribution in [0.2, 0.25) is 0 Å². The van der Waals surface area contributed by atoms with Crippen molar-refractivity contribution in [2.45, 2.75) is 141 Å². The third kappa shape index (κ3) is 21.7. The lowest BCUT2D eigenvalue weighted by atomic mass is 9.95. The molecule has 26 nitrogen and oxygen atoms in total. The third-order valence-electron chi connectivity index (χ3n) is 10.8. The van der Waals surface area contributed by atoms with E-state index < -0.39 is 145 Å². The number of hydrogen-bond donors (Lipinski definition) is 16. The van der Waals surface area contributed by atoms with Gasteiger partial charge in [-0.1, -0.05) is 39.8 Å². The van der Waals surface area contributed by atoms with E-state index >= 15 is 0 Å². The van der Waals surface area contributed by atoms with Gasteiger partial charge >= 0.3 is 5.97 Å². The first-order chi connectivity index (χ1) is 33.1. The van der Waals surface area contributed by atoms with Crippen molar-refractivity contribution >= 4 is 59.0 Å². The van der Waals surface area contributed by atoms with Gasteiger partial charge < -0.3 is 84.2 Å². The highest BCUT2D eigenvalue weighted by Crippen LogP contribution is 2.15. The average molecular weight is 1010 g/mol. The number of aliphatic hydroxyl groups is 4. The standard InChI is InChI=1S/C45H74N10O16/c1-22(2)16-28(50-39(64)30(19-56)47-8)38(63)55-36(45(6,7)71)43(68)53-32(21-58)41(66)54-34(23(3)4)35(61)42(67)52-31(20-57)40(65)51-29(17-25-11-13-27(59)14-12-25)37(62)49-26(10-9-15-46)18-33(60)48-24(5)44(69)70/h11-14,22-24,26,28-32,34,36,47,56-59,71H,9-10,15-21,46H2,1-8H3,(H,48,60)(H,49,62)(H,50,64)(H,51,65)(H,52,67)(H,53,68)(H,54,66)(H,55,63)(H,69,70)/t24-,26-,28-,29-,30-,31-,32-,34-,36+/m0/s1. The van der Waals surface area contributed by atoms with E-state index in [9.17, 15) is 78.6 Å². The van der Waals surface area contributed by atoms with Crippen LogP contribution in [0.15, 0.2) is 24.3 Å². The summed E-state index contributed by atoms with van der Waals surface area (Å²) in [5.41, 5.74) is 4.05. The van der Waals surface area contributed by atoms with E-state index in [4.69, 9.17) is 5.73 Å². The zero-order valence-corrected chi connectivity index (χ0v) is 41.4. The molecule has 1 rings (SSSR count). The van der Waals surface area contributed by atoms with E-state index in [1.54, 1.807) is 13.8 Å². The minimum atomic E-state index is -2.02. The van der Waals surface area contributed by atoms with Crippen molar-refractivity contribution in [1.82, 2.24) is 47.9 Å². The van der Waals surface area contributed by atoms with Crippen LogP contribution in [0, 0.1) is 11.8 Å². The molecule has 0 fully saturated rings. The van der Waals surface area contributed by atoms with Crippen LogP contribution in [0.5, 0.6) is 5.75 Å². The molecule has 8 amide bonds. The Bertz CT molecular complexity index is 1980. The predicted octanol–water partition coefficient (Wildman–Crippen LogP) is -5.35. The van der Waals surface area contributed by atoms with Crippen molar-refractivity contribution in [2.24, 2.45) is 17.6 Å². The number of carboxylic acid groups (broad SMARTS) is 1. The van der Waals surface area contributed by atoms with Crippen LogP contribution in [0.25, 0.3) is 0 Å². The first-order valence-electron chi connectivity index (χ1n) is 23.0. The Morgan fingerprint density at radius 3 is 1.62 bits per heavy atom. The van der Waals surface area contributed by atoms with Gasteiger partial charge in [-0.3, -0.25) is 47.9 Å². The summed E-state index contributed by atoms with van der Waals surface area (Å²) in [5, 5.41) is 81.1. The molecule has 1 aromatic carbocycles. The molecule has 9 atom stereocenters. The number of carbonyl (C=O) groups is 10. The lowest BCUT2D eigenvalue weighted by Crippen LogP contribution is -2.64. The average Bonchev–Trinajstić information content (AvgIpc) is 3.29. The monoisotopic (exact) mass is 1010 g/mol. The second-order valence-electron chi connectivity index (χ2n) is 18.3. The van der Waals surface area contributed by atoms with E-state index in [-0.39, 0.29) is 43.9 Å². The predicted molar refractivity (Wildman–Crippen MR) is 253 cm³/mol. The molecule has 0 spiro atoms. The number of nitrogens with one attached hydrogen (secondary N) is 9. The summed E-state index contributed by atoms with van der Waals surface area (Å²) < 4.78 is 0. The van der Waals surface area contributed by atoms with Crippen LogP contribution in [0.1, 0.15) is 79.7 Å². The number of phenols is 1. The topological polar surface area (TPSA) is 426 Å². The fourth-order valence-electron chi connectivity index (χ4n) is 6.72. The number of benzene rings is 1. The van der Waals surface area contributed by atoms with Gasteiger partial charge in [0, 0.05) is 18.9 Å². The number of aromatic hydroxyl groups is 1. The van der Waals surface area contributed by atoms with Crippen molar-refractivity contribution < 1.29 is 78.6 Å². The molecule has 17 N–H and O–H groups in total. The molecule has 400 valence electrons. The van der Waals surface area contributed by atoms with Gasteiger partial charge in [0.15, 0.2) is 0 Å². The first kappa shape index (κ1) is 62.7. The van der Waals surface area contributed by atoms with Gasteiger partial charge in [0.25, 0.3) is 5.91 Å². The van der Waals surface area contributed by atoms with Gasteiger partial charge in [-0.2, -0.15) is 0 Å². The molecule has 0 aliphatic carbocycles. The van der Waals surface area contributed by atoms with Gasteiger partial charge in [-0.05, 0) is 83.2 Å². The number of nitrogens with two attached hydrogens (primary N) is 1. The van der Waals surface area contributed by atoms with E-state index in [0.29, 0.717) is 12.0 Å². The number of Topliss-reactive ketones (excluding diaryl/α,β-unsaturated/α-hetero) is 1. The van der Waals surface area contributed by atoms with Crippen LogP contribution in [-0.4, -0.2) is 183 Å². The van der Waals surface area contributed by atoms with Crippen molar-refractivity contribution in [3.8, 4) is 5.75 Å². The fraction of sp³-hybridized carbons (Fsp3) is 0.644. The first-order valence-corrected chi connectivity index (χ1v) is 23.0. The molecule has 0 heterocycles. The summed E-state index contributed by atoms with van der Waals surface area (Å²) in [4.78, 5) is 132. The van der Waals surface area contributed by atoms with Gasteiger partial charge in [-0.25, -0.2) is 0 Å². The number of phenolic OH excluding ortho intramolecular Hbond substituents is 1. The zero-order valence-electron chi connectivity index (χ0n) is 41.4. The number of aliphatic carboxylic acids is 1. The normalized spacial score (nSPS) is 15.3. The SMILES string of the molecule is CN[C@@H](CO)C(=O)N[C@@H](CC(C)C)C(=O)N[C@H](C(=O)N[C@@H](CO)C(=O)N[C@H](C(=O)C(=O)N[C@@H](CO)C(=O)N[C@@H](Cc1ccc(O)cc1)C(=O)N[C@@H](CCCN)CC(=O)N[C@@H](C)C(=O)O)C(C)C)C(C)(C)O. The molecular weight excluding hydrogens is 937 g/mol. The van der Waals surface area contributed by atoms with E-state index in [2.05, 4.69) is 47.9 Å². The van der Waals surface area contributed by atoms with Crippen LogP contribution < -0.4 is 53.6 Å². The summed E-state index contributed by atoms with van der Waals surface area (Å²) in [6.45, 7) is 7.30. The summed E-state index contributed by atoms with van der Waals surface area (Å²) >= 11 is 0. The number of likely N-dealkylation sites (N-methyl/N-ethyl adjacent to an activating group) is 1. The molecular formula is C45H74N10O16. The van der Waals surface area contributed by atoms with Crippen LogP contribution >= 0.6 is 0 Å². The van der Waals surface area contributed by atoms with Gasteiger partial charge in [0.1, 0.15) is 48.0 Å². The maximum absolute atomic E-state index is 13.8. The van der Waals surface area contributed by atoms with E-state index in [1.807, 2.05) is 0 Å². The molecule has 0 bridgehead atoms. The molecule has 0 radical (unpaired) electrons. The minimum Gasteiger partial charge on any atom is -0.508 e. The zero-order chi connectivity index (χ0) is 54.3. The van der Waals surface area contributed by atoms with Crippen LogP contribution in [-0.2, 0) is 54.4 Å². The summed E-state index contributed by atoms with van der Waals surface area (Å²) in [6, 6.07) is -7.63. The number of amides is 8. The number of carboxylic acids is 1. The Morgan fingerprint density at radius 2 is 1.13 bits per heavy atom. The molecule has 1 aromatic rings. The van der Waals surface area contributed by atoms with E-state index in [0.717, 1.165) is 13.8 Å². The van der Waals surface area contributed by atoms with Gasteiger partial charge in [-0.15, -0.1) is 0 Å². The molecule has 0 aromatic heterocycles. The highest BCUT2D eigenvalue weighted by molar-refractivity contribution is 6.39. The Kier molecular flexibility index (Phi) is 26.9. The summed E-state index contributed by atoms with van der Waals surface area (Å²) in [7, 11) is 1.42. The molecule has 26 heteroatoms. The second kappa shape index (κ2) is 30.4. The van der Waals surface area contributed by atoms with Crippen molar-refractivity contribution in [2.75, 3.05) is 33.4 Å². The minimum absolute atomic E-state index is 0.0695. The number of hydrogen-bond acceptors (Lipinski definition) is 17. The Hall–Kier alpha value is -6.32. The van der Waals surface area contributed by atoms with Crippen molar-refractivity contribution in [3.63, 3.8) is 0 Å². The summed E-state index contributed by atoms with van der Waals surface area (Å²) in [5.74, 6) is -12.0. The van der Waals surface area contributed by atoms with Crippen LogP contribution in [0.3, 0.4) is 0 Å². The lowest BCUT2D eigenvalue weighted by molar-refractivity contribution is -0.143.